The second kappa shape index (κ2) is 3.04. The highest BCUT2D eigenvalue weighted by Gasteiger charge is 2.57. The molecule has 0 aromatic rings. The Hall–Kier alpha value is 0.540. The van der Waals surface area contributed by atoms with Crippen molar-refractivity contribution in [1.82, 2.24) is 0 Å². The van der Waals surface area contributed by atoms with E-state index in [2.05, 4.69) is 6.92 Å². The van der Waals surface area contributed by atoms with E-state index in [9.17, 15) is 0 Å². The van der Waals surface area contributed by atoms with Gasteiger partial charge in [0.1, 0.15) is 10.4 Å². The molecule has 1 saturated heterocycles. The lowest BCUT2D eigenvalue weighted by Crippen LogP contribution is -2.27. The Morgan fingerprint density at radius 2 is 2.33 bits per heavy atom. The maximum atomic E-state index is 6.05. The average molecular weight is 207 g/mol. The number of hydrogen-bond donors (Lipinski definition) is 0. The number of hydrogen-bond acceptors (Lipinski definition) is 1. The molecule has 1 heterocycles. The normalized spacial score (nSPS) is 34.2. The van der Waals surface area contributed by atoms with E-state index in [1.807, 2.05) is 0 Å². The Morgan fingerprint density at radius 3 is 2.75 bits per heavy atom. The maximum absolute atomic E-state index is 6.05. The fourth-order valence-corrected chi connectivity index (χ4v) is 2.16. The van der Waals surface area contributed by atoms with Crippen LogP contribution in [0.25, 0.3) is 0 Å². The van der Waals surface area contributed by atoms with Crippen LogP contribution in [0.4, 0.5) is 0 Å². The van der Waals surface area contributed by atoms with Gasteiger partial charge in [-0.2, -0.15) is 0 Å². The van der Waals surface area contributed by atoms with Gasteiger partial charge in [0, 0.05) is 12.3 Å². The van der Waals surface area contributed by atoms with Crippen molar-refractivity contribution in [3.63, 3.8) is 0 Å². The van der Waals surface area contributed by atoms with Crippen LogP contribution < -0.4 is 0 Å². The van der Waals surface area contributed by atoms with Gasteiger partial charge < -0.3 is 4.74 Å². The van der Waals surface area contributed by atoms with Crippen LogP contribution in [0.5, 0.6) is 0 Å². The van der Waals surface area contributed by atoms with Gasteiger partial charge in [-0.15, -0.1) is 23.2 Å². The minimum Gasteiger partial charge on any atom is -0.368 e. The predicted octanol–water partition coefficient (Wildman–Crippen LogP) is 3.12. The summed E-state index contributed by atoms with van der Waals surface area (Å²) in [6.45, 7) is 3.73. The van der Waals surface area contributed by atoms with E-state index >= 15 is 0 Å². The number of fused-ring (bicyclic) bond motifs is 1. The Kier molecular flexibility index (Phi) is 2.31. The third kappa shape index (κ3) is 1.73. The molecule has 2 atom stereocenters. The summed E-state index contributed by atoms with van der Waals surface area (Å²) in [5, 5.41) is 0. The van der Waals surface area contributed by atoms with E-state index in [1.54, 1.807) is 0 Å². The fourth-order valence-electron chi connectivity index (χ4n) is 1.62. The number of rotatable bonds is 4. The molecule has 0 N–H and O–H groups in total. The third-order valence-electron chi connectivity index (χ3n) is 2.42. The van der Waals surface area contributed by atoms with Crippen molar-refractivity contribution >= 4 is 23.2 Å². The first-order valence-corrected chi connectivity index (χ1v) is 5.07. The lowest BCUT2D eigenvalue weighted by atomic mass is 10.0. The van der Waals surface area contributed by atoms with Crippen molar-refractivity contribution in [2.24, 2.45) is 5.92 Å². The molecular weight excluding hydrogens is 195 g/mol. The second-order valence-corrected chi connectivity index (χ2v) is 5.24. The van der Waals surface area contributed by atoms with E-state index in [0.29, 0.717) is 18.4 Å². The molecule has 0 bridgehead atoms. The molecule has 68 valence electrons. The van der Waals surface area contributed by atoms with Crippen LogP contribution in [0.15, 0.2) is 0 Å². The summed E-state index contributed by atoms with van der Waals surface area (Å²) in [6.07, 6.45) is 5.01. The highest BCUT2D eigenvalue weighted by Crippen LogP contribution is 2.57. The topological polar surface area (TPSA) is 9.23 Å². The van der Waals surface area contributed by atoms with Crippen molar-refractivity contribution in [2.45, 2.75) is 36.1 Å². The summed E-state index contributed by atoms with van der Waals surface area (Å²) in [5.74, 6) is 0.687. The van der Waals surface area contributed by atoms with Crippen LogP contribution in [-0.2, 0) is 4.74 Å². The van der Waals surface area contributed by atoms with Crippen molar-refractivity contribution < 1.29 is 4.74 Å². The van der Waals surface area contributed by atoms with E-state index in [1.165, 1.54) is 6.42 Å². The van der Waals surface area contributed by atoms with Gasteiger partial charge in [0.25, 0.3) is 0 Å². The van der Waals surface area contributed by atoms with Crippen LogP contribution in [0.1, 0.15) is 25.7 Å². The third-order valence-corrected chi connectivity index (χ3v) is 3.07. The molecule has 2 rings (SSSR count). The highest BCUT2D eigenvalue weighted by atomic mass is 35.5. The summed E-state index contributed by atoms with van der Waals surface area (Å²) in [7, 11) is 0. The lowest BCUT2D eigenvalue weighted by Gasteiger charge is -2.30. The molecule has 0 spiro atoms. The molecule has 12 heavy (non-hydrogen) atoms. The highest BCUT2D eigenvalue weighted by molar-refractivity contribution is 6.48. The van der Waals surface area contributed by atoms with Crippen molar-refractivity contribution in [2.75, 3.05) is 0 Å². The van der Waals surface area contributed by atoms with Crippen molar-refractivity contribution in [3.8, 4) is 0 Å². The SMILES string of the molecule is [CH2]CCC(Cl)(Cl)C[C]1OC2CC12. The second-order valence-electron chi connectivity index (χ2n) is 3.60. The minimum absolute atomic E-state index is 0.517. The van der Waals surface area contributed by atoms with Crippen molar-refractivity contribution in [1.29, 1.82) is 0 Å². The number of alkyl halides is 2. The molecule has 0 aromatic heterocycles. The summed E-state index contributed by atoms with van der Waals surface area (Å²) in [4.78, 5) is 0. The molecule has 1 aliphatic heterocycles. The molecule has 2 aliphatic rings. The van der Waals surface area contributed by atoms with Gasteiger partial charge in [-0.1, -0.05) is 13.3 Å². The monoisotopic (exact) mass is 206 g/mol. The van der Waals surface area contributed by atoms with E-state index < -0.39 is 4.33 Å². The standard InChI is InChI=1S/C9H12Cl2O/c1-2-3-9(10,11)5-8-6-4-7(6)12-8/h6-7H,1-5H2. The lowest BCUT2D eigenvalue weighted by molar-refractivity contribution is 0.0198. The molecule has 2 fully saturated rings. The van der Waals surface area contributed by atoms with Crippen LogP contribution in [0.2, 0.25) is 0 Å². The number of ether oxygens (including phenoxy) is 1. The smallest absolute Gasteiger partial charge is 0.121 e. The summed E-state index contributed by atoms with van der Waals surface area (Å²) >= 11 is 12.1. The Morgan fingerprint density at radius 1 is 1.58 bits per heavy atom. The molecule has 2 radical (unpaired) electrons. The largest absolute Gasteiger partial charge is 0.368 e. The molecule has 1 saturated carbocycles. The molecule has 1 aliphatic carbocycles. The minimum atomic E-state index is -0.648. The van der Waals surface area contributed by atoms with E-state index in [-0.39, 0.29) is 0 Å². The molecule has 3 heteroatoms. The van der Waals surface area contributed by atoms with Crippen LogP contribution in [0, 0.1) is 18.9 Å². The predicted molar refractivity (Wildman–Crippen MR) is 49.9 cm³/mol. The zero-order valence-corrected chi connectivity index (χ0v) is 8.37. The zero-order valence-electron chi connectivity index (χ0n) is 6.85. The van der Waals surface area contributed by atoms with Crippen molar-refractivity contribution in [3.05, 3.63) is 13.0 Å². The first-order chi connectivity index (χ1) is 5.62. The molecular formula is C9H12Cl2O. The summed E-state index contributed by atoms with van der Waals surface area (Å²) < 4.78 is 4.77. The van der Waals surface area contributed by atoms with Crippen LogP contribution in [-0.4, -0.2) is 10.4 Å². The fraction of sp³-hybridized carbons (Fsp3) is 0.778. The Balaban J connectivity index is 1.76. The Labute approximate surface area is 83.4 Å². The van der Waals surface area contributed by atoms with Gasteiger partial charge in [0.15, 0.2) is 0 Å². The first-order valence-electron chi connectivity index (χ1n) is 4.32. The van der Waals surface area contributed by atoms with Gasteiger partial charge in [-0.05, 0) is 12.8 Å². The van der Waals surface area contributed by atoms with Gasteiger partial charge >= 0.3 is 0 Å². The van der Waals surface area contributed by atoms with E-state index in [0.717, 1.165) is 18.9 Å². The number of halogens is 2. The molecule has 0 amide bonds. The molecule has 1 nitrogen and oxygen atoms in total. The van der Waals surface area contributed by atoms with Crippen LogP contribution in [0.3, 0.4) is 0 Å². The van der Waals surface area contributed by atoms with Gasteiger partial charge in [0.05, 0.1) is 6.10 Å². The van der Waals surface area contributed by atoms with Gasteiger partial charge in [0.2, 0.25) is 0 Å². The maximum Gasteiger partial charge on any atom is 0.121 e. The quantitative estimate of drug-likeness (QED) is 0.643. The summed E-state index contributed by atoms with van der Waals surface area (Å²) in [6, 6.07) is 0. The van der Waals surface area contributed by atoms with Gasteiger partial charge in [-0.3, -0.25) is 0 Å². The Bertz CT molecular complexity index is 181. The zero-order chi connectivity index (χ0) is 8.77. The average Bonchev–Trinajstić information content (AvgIpc) is 2.57. The molecule has 0 aromatic carbocycles. The first kappa shape index (κ1) is 9.11. The van der Waals surface area contributed by atoms with E-state index in [4.69, 9.17) is 27.9 Å². The van der Waals surface area contributed by atoms with Crippen LogP contribution >= 0.6 is 23.2 Å². The van der Waals surface area contributed by atoms with Gasteiger partial charge in [-0.25, -0.2) is 0 Å². The summed E-state index contributed by atoms with van der Waals surface area (Å²) in [5.41, 5.74) is 0. The molecule has 2 unspecified atom stereocenters.